The van der Waals surface area contributed by atoms with Gasteiger partial charge in [0, 0.05) is 43.4 Å². The van der Waals surface area contributed by atoms with E-state index >= 15 is 0 Å². The first-order chi connectivity index (χ1) is 15.0. The Hall–Kier alpha value is -0.960. The molecule has 0 radical (unpaired) electrons. The Balaban J connectivity index is 1.28. The quantitative estimate of drug-likeness (QED) is 0.734. The van der Waals surface area contributed by atoms with Crippen molar-refractivity contribution in [1.82, 2.24) is 9.88 Å². The summed E-state index contributed by atoms with van der Waals surface area (Å²) in [5.41, 5.74) is 1.89. The summed E-state index contributed by atoms with van der Waals surface area (Å²) < 4.78 is 18.7. The number of aromatic amines is 1. The molecule has 1 N–H and O–H groups in total. The first-order valence-corrected chi connectivity index (χ1v) is 12.2. The average molecular weight is 433 g/mol. The fourth-order valence-electron chi connectivity index (χ4n) is 6.98. The summed E-state index contributed by atoms with van der Waals surface area (Å²) in [6.07, 6.45) is 3.85. The molecule has 1 aliphatic carbocycles. The van der Waals surface area contributed by atoms with Gasteiger partial charge in [0.15, 0.2) is 11.9 Å². The van der Waals surface area contributed by atoms with Crippen molar-refractivity contribution in [2.24, 2.45) is 23.7 Å². The van der Waals surface area contributed by atoms with Crippen molar-refractivity contribution in [3.8, 4) is 0 Å². The summed E-state index contributed by atoms with van der Waals surface area (Å²) in [5.74, 6) is 0.940. The van der Waals surface area contributed by atoms with E-state index in [4.69, 9.17) is 24.0 Å². The third kappa shape index (κ3) is 3.23. The van der Waals surface area contributed by atoms with Crippen molar-refractivity contribution in [2.75, 3.05) is 26.3 Å². The number of nitrogens with one attached hydrogen (secondary N) is 1. The van der Waals surface area contributed by atoms with Crippen LogP contribution in [0.4, 0.5) is 0 Å². The lowest BCUT2D eigenvalue weighted by Gasteiger charge is -2.60. The summed E-state index contributed by atoms with van der Waals surface area (Å²) in [6, 6.07) is 4.41. The third-order valence-electron chi connectivity index (χ3n) is 8.73. The molecule has 6 fully saturated rings. The van der Waals surface area contributed by atoms with Gasteiger partial charge in [-0.05, 0) is 56.1 Å². The minimum absolute atomic E-state index is 0.0281. The molecule has 0 aromatic carbocycles. The van der Waals surface area contributed by atoms with Gasteiger partial charge in [0.2, 0.25) is 5.79 Å². The molecule has 7 rings (SSSR count). The van der Waals surface area contributed by atoms with Crippen LogP contribution in [0.2, 0.25) is 0 Å². The normalized spacial score (nSPS) is 47.7. The summed E-state index contributed by atoms with van der Waals surface area (Å²) >= 11 is 0. The van der Waals surface area contributed by atoms with Gasteiger partial charge in [-0.25, -0.2) is 9.78 Å². The number of aromatic nitrogens is 1. The molecule has 8 atom stereocenters. The number of ether oxygens (including phenoxy) is 3. The monoisotopic (exact) mass is 432 g/mol. The van der Waals surface area contributed by atoms with Crippen LogP contribution in [0.1, 0.15) is 63.9 Å². The standard InChI is InChI=1S/C24H36N2O5/c1-15-4-6-19-16(2)21(20-7-5-17(25-20)14-26-10-12-27-13-11-26)28-22-24(19)18(15)8-9-23(3,29-22)30-31-24/h5,7,15-16,18-19,21-22,25H,4,6,8-14H2,1-3H3/t15-,16-,18+,19+,21-,22-,23-,24-/m1/s1. The highest BCUT2D eigenvalue weighted by Gasteiger charge is 2.69. The number of fused-ring (bicyclic) bond motifs is 2. The van der Waals surface area contributed by atoms with Gasteiger partial charge in [0.1, 0.15) is 6.10 Å². The molecule has 1 aromatic heterocycles. The van der Waals surface area contributed by atoms with Gasteiger partial charge in [-0.2, -0.15) is 0 Å². The average Bonchev–Trinajstić information content (AvgIpc) is 3.10. The molecular weight excluding hydrogens is 396 g/mol. The van der Waals surface area contributed by atoms with Crippen molar-refractivity contribution < 1.29 is 24.0 Å². The number of rotatable bonds is 3. The van der Waals surface area contributed by atoms with Crippen molar-refractivity contribution in [3.05, 3.63) is 23.5 Å². The van der Waals surface area contributed by atoms with Crippen molar-refractivity contribution in [2.45, 2.75) is 76.8 Å². The summed E-state index contributed by atoms with van der Waals surface area (Å²) in [7, 11) is 0. The number of hydrogen-bond acceptors (Lipinski definition) is 6. The fourth-order valence-corrected chi connectivity index (χ4v) is 6.98. The van der Waals surface area contributed by atoms with E-state index < -0.39 is 17.7 Å². The van der Waals surface area contributed by atoms with Crippen LogP contribution in [0.5, 0.6) is 0 Å². The maximum Gasteiger partial charge on any atom is 0.201 e. The zero-order chi connectivity index (χ0) is 21.2. The molecule has 6 aliphatic rings. The second-order valence-corrected chi connectivity index (χ2v) is 10.7. The zero-order valence-corrected chi connectivity index (χ0v) is 19.0. The molecule has 7 heteroatoms. The van der Waals surface area contributed by atoms with Crippen molar-refractivity contribution in [3.63, 3.8) is 0 Å². The Morgan fingerprint density at radius 2 is 1.90 bits per heavy atom. The van der Waals surface area contributed by atoms with Gasteiger partial charge < -0.3 is 19.2 Å². The SMILES string of the molecule is C[C@H]1[C@H](c2ccc(CN3CCOCC3)[nH]2)O[C@@H]2O[C@@]3(C)CC[C@H]4[C@H](C)CC[C@@H]1[C@@]24OO3. The van der Waals surface area contributed by atoms with Crippen LogP contribution in [0.3, 0.4) is 0 Å². The molecule has 1 spiro atoms. The predicted molar refractivity (Wildman–Crippen MR) is 113 cm³/mol. The maximum absolute atomic E-state index is 6.75. The molecule has 7 nitrogen and oxygen atoms in total. The highest BCUT2D eigenvalue weighted by atomic mass is 17.3. The van der Waals surface area contributed by atoms with Crippen LogP contribution in [-0.4, -0.2) is 53.9 Å². The minimum atomic E-state index is -0.722. The van der Waals surface area contributed by atoms with Gasteiger partial charge in [-0.1, -0.05) is 13.8 Å². The van der Waals surface area contributed by atoms with E-state index in [9.17, 15) is 0 Å². The maximum atomic E-state index is 6.75. The van der Waals surface area contributed by atoms with E-state index in [1.165, 1.54) is 12.1 Å². The largest absolute Gasteiger partial charge is 0.379 e. The Labute approximate surface area is 184 Å². The van der Waals surface area contributed by atoms with E-state index in [0.29, 0.717) is 23.7 Å². The molecule has 5 aliphatic heterocycles. The number of H-pyrrole nitrogens is 1. The first-order valence-electron chi connectivity index (χ1n) is 12.2. The van der Waals surface area contributed by atoms with Crippen LogP contribution < -0.4 is 0 Å². The molecule has 31 heavy (non-hydrogen) atoms. The van der Waals surface area contributed by atoms with E-state index in [1.807, 2.05) is 6.92 Å². The third-order valence-corrected chi connectivity index (χ3v) is 8.73. The van der Waals surface area contributed by atoms with Gasteiger partial charge in [-0.15, -0.1) is 0 Å². The Bertz CT molecular complexity index is 810. The lowest BCUT2D eigenvalue weighted by atomic mass is 9.57. The van der Waals surface area contributed by atoms with Gasteiger partial charge in [0.05, 0.1) is 13.2 Å². The van der Waals surface area contributed by atoms with Gasteiger partial charge in [0.25, 0.3) is 0 Å². The Morgan fingerprint density at radius 3 is 2.74 bits per heavy atom. The van der Waals surface area contributed by atoms with E-state index in [1.54, 1.807) is 0 Å². The second kappa shape index (κ2) is 7.54. The fraction of sp³-hybridized carbons (Fsp3) is 0.833. The van der Waals surface area contributed by atoms with Crippen molar-refractivity contribution >= 4 is 0 Å². The highest BCUT2D eigenvalue weighted by molar-refractivity contribution is 5.19. The molecule has 172 valence electrons. The summed E-state index contributed by atoms with van der Waals surface area (Å²) in [4.78, 5) is 18.3. The van der Waals surface area contributed by atoms with Crippen LogP contribution in [0, 0.1) is 23.7 Å². The number of nitrogens with zero attached hydrogens (tertiary/aromatic N) is 1. The molecule has 0 unspecified atom stereocenters. The summed E-state index contributed by atoms with van der Waals surface area (Å²) in [5, 5.41) is 0. The molecule has 6 heterocycles. The molecule has 5 saturated heterocycles. The lowest BCUT2D eigenvalue weighted by molar-refractivity contribution is -0.571. The molecular formula is C24H36N2O5. The van der Waals surface area contributed by atoms with Gasteiger partial charge >= 0.3 is 0 Å². The molecule has 2 bridgehead atoms. The smallest absolute Gasteiger partial charge is 0.201 e. The second-order valence-electron chi connectivity index (χ2n) is 10.7. The van der Waals surface area contributed by atoms with Gasteiger partial charge in [-0.3, -0.25) is 4.90 Å². The number of morpholine rings is 1. The van der Waals surface area contributed by atoms with Crippen LogP contribution in [0.25, 0.3) is 0 Å². The summed E-state index contributed by atoms with van der Waals surface area (Å²) in [6.45, 7) is 11.2. The predicted octanol–water partition coefficient (Wildman–Crippen LogP) is 3.77. The molecule has 0 amide bonds. The van der Waals surface area contributed by atoms with Crippen molar-refractivity contribution in [1.29, 1.82) is 0 Å². The lowest BCUT2D eigenvalue weighted by Crippen LogP contribution is -2.69. The van der Waals surface area contributed by atoms with E-state index in [-0.39, 0.29) is 6.10 Å². The molecule has 1 aromatic rings. The van der Waals surface area contributed by atoms with E-state index in [2.05, 4.69) is 35.9 Å². The van der Waals surface area contributed by atoms with Crippen LogP contribution >= 0.6 is 0 Å². The van der Waals surface area contributed by atoms with Crippen LogP contribution in [-0.2, 0) is 30.5 Å². The number of hydrogen-bond donors (Lipinski definition) is 1. The zero-order valence-electron chi connectivity index (χ0n) is 19.0. The van der Waals surface area contributed by atoms with E-state index in [0.717, 1.165) is 57.8 Å². The Kier molecular flexibility index (Phi) is 5.02. The van der Waals surface area contributed by atoms with Crippen LogP contribution in [0.15, 0.2) is 12.1 Å². The molecule has 1 saturated carbocycles. The Morgan fingerprint density at radius 1 is 1.06 bits per heavy atom. The minimum Gasteiger partial charge on any atom is -0.379 e. The highest BCUT2D eigenvalue weighted by Crippen LogP contribution is 2.62. The first kappa shape index (κ1) is 20.6. The topological polar surface area (TPSA) is 65.2 Å².